The molecule has 8 atom stereocenters. The van der Waals surface area contributed by atoms with Gasteiger partial charge >= 0.3 is 0 Å². The van der Waals surface area contributed by atoms with Crippen molar-refractivity contribution < 1.29 is 0 Å². The summed E-state index contributed by atoms with van der Waals surface area (Å²) in [5.74, 6) is 5.53. The largest absolute Gasteiger partial charge is 0.305 e. The quantitative estimate of drug-likeness (QED) is 0.307. The van der Waals surface area contributed by atoms with Crippen molar-refractivity contribution in [2.24, 2.45) is 23.7 Å². The van der Waals surface area contributed by atoms with Gasteiger partial charge in [0.2, 0.25) is 0 Å². The number of pyridine rings is 2. The fourth-order valence-electron chi connectivity index (χ4n) is 10.6. The fourth-order valence-corrected chi connectivity index (χ4v) is 11.4. The highest BCUT2D eigenvalue weighted by Crippen LogP contribution is 2.58. The van der Waals surface area contributed by atoms with Gasteiger partial charge in [0.05, 0.1) is 33.8 Å². The summed E-state index contributed by atoms with van der Waals surface area (Å²) in [5.41, 5.74) is 8.22. The second-order valence-electron chi connectivity index (χ2n) is 14.5. The lowest BCUT2D eigenvalue weighted by atomic mass is 9.73. The van der Waals surface area contributed by atoms with Crippen molar-refractivity contribution in [1.82, 2.24) is 9.97 Å². The number of aromatic nitrogens is 2. The Balaban J connectivity index is 1.22. The Morgan fingerprint density at radius 1 is 0.537 bits per heavy atom. The zero-order valence-corrected chi connectivity index (χ0v) is 25.3. The van der Waals surface area contributed by atoms with Crippen LogP contribution in [0.1, 0.15) is 123 Å². The second-order valence-corrected chi connectivity index (χ2v) is 15.2. The van der Waals surface area contributed by atoms with Crippen LogP contribution in [0.2, 0.25) is 10.0 Å². The van der Waals surface area contributed by atoms with E-state index in [4.69, 9.17) is 33.2 Å². The van der Waals surface area contributed by atoms with Crippen molar-refractivity contribution in [2.45, 2.75) is 101 Å². The Hall–Kier alpha value is -2.10. The van der Waals surface area contributed by atoms with Crippen molar-refractivity contribution in [3.63, 3.8) is 0 Å². The standard InChI is InChI=1S/C36H39Cl2N3/c37-33-29(18-39-35-26-12-20-6-8-24(31(33)35)14-22(10-20)16-26)41(28-4-2-1-3-5-28)30-19-40-36-27-13-21-7-9-25(32(36)34(30)38)15-23(11-21)17-27/h1-5,18-27H,6-17H2. The molecule has 3 aromatic rings. The van der Waals surface area contributed by atoms with E-state index in [1.54, 1.807) is 0 Å². The number of hydrogen-bond acceptors (Lipinski definition) is 3. The van der Waals surface area contributed by atoms with Crippen LogP contribution in [0.4, 0.5) is 17.1 Å². The summed E-state index contributed by atoms with van der Waals surface area (Å²) in [6.45, 7) is 0. The van der Waals surface area contributed by atoms with Gasteiger partial charge in [-0.05, 0) is 136 Å². The first-order valence-electron chi connectivity index (χ1n) is 16.3. The highest BCUT2D eigenvalue weighted by atomic mass is 35.5. The SMILES string of the molecule is Clc1c(N(c2ccccc2)c2cnc3c(c2Cl)C2CCC4CC(CC3C4)C2)cnc2c1C1CCC3CC(CC2C3)C1. The summed E-state index contributed by atoms with van der Waals surface area (Å²) >= 11 is 15.2. The molecule has 0 spiro atoms. The Morgan fingerprint density at radius 2 is 1.00 bits per heavy atom. The fraction of sp³-hybridized carbons (Fsp3) is 0.556. The summed E-state index contributed by atoms with van der Waals surface area (Å²) in [4.78, 5) is 12.8. The van der Waals surface area contributed by atoms with Gasteiger partial charge in [-0.3, -0.25) is 9.97 Å². The summed E-state index contributed by atoms with van der Waals surface area (Å²) in [5, 5.41) is 1.77. The molecule has 9 rings (SSSR count). The van der Waals surface area contributed by atoms with Crippen LogP contribution in [0, 0.1) is 23.7 Å². The predicted octanol–water partition coefficient (Wildman–Crippen LogP) is 10.8. The van der Waals surface area contributed by atoms with E-state index >= 15 is 0 Å². The molecule has 1 aromatic carbocycles. The molecule has 2 heterocycles. The Labute approximate surface area is 254 Å². The third kappa shape index (κ3) is 4.04. The van der Waals surface area contributed by atoms with Crippen molar-refractivity contribution in [1.29, 1.82) is 0 Å². The Bertz CT molecular complexity index is 1410. The maximum Gasteiger partial charge on any atom is 0.0836 e. The van der Waals surface area contributed by atoms with Gasteiger partial charge < -0.3 is 4.90 Å². The lowest BCUT2D eigenvalue weighted by Gasteiger charge is -2.35. The first-order chi connectivity index (χ1) is 20.1. The lowest BCUT2D eigenvalue weighted by Crippen LogP contribution is -2.22. The number of anilines is 3. The van der Waals surface area contributed by atoms with E-state index < -0.39 is 0 Å². The summed E-state index contributed by atoms with van der Waals surface area (Å²) in [6, 6.07) is 10.6. The minimum atomic E-state index is 0.512. The molecular weight excluding hydrogens is 545 g/mol. The average molecular weight is 585 g/mol. The van der Waals surface area contributed by atoms with Gasteiger partial charge in [-0.15, -0.1) is 0 Å². The summed E-state index contributed by atoms with van der Waals surface area (Å²) < 4.78 is 0. The van der Waals surface area contributed by atoms with Crippen LogP contribution >= 0.6 is 23.2 Å². The van der Waals surface area contributed by atoms with E-state index in [-0.39, 0.29) is 0 Å². The molecule has 0 aliphatic heterocycles. The van der Waals surface area contributed by atoms with Crippen LogP contribution in [0.3, 0.4) is 0 Å². The van der Waals surface area contributed by atoms with Gasteiger partial charge in [-0.2, -0.15) is 0 Å². The number of rotatable bonds is 3. The smallest absolute Gasteiger partial charge is 0.0836 e. The lowest BCUT2D eigenvalue weighted by molar-refractivity contribution is 0.243. The minimum Gasteiger partial charge on any atom is -0.305 e. The molecule has 41 heavy (non-hydrogen) atoms. The molecule has 4 fully saturated rings. The molecule has 2 aromatic heterocycles. The monoisotopic (exact) mass is 583 g/mol. The van der Waals surface area contributed by atoms with E-state index in [1.807, 2.05) is 0 Å². The Morgan fingerprint density at radius 3 is 1.51 bits per heavy atom. The molecule has 0 amide bonds. The normalized spacial score (nSPS) is 34.4. The number of benzene rings is 1. The minimum absolute atomic E-state index is 0.512. The molecule has 212 valence electrons. The molecule has 8 bridgehead atoms. The zero-order chi connectivity index (χ0) is 27.2. The van der Waals surface area contributed by atoms with Gasteiger partial charge in [0, 0.05) is 28.9 Å². The van der Waals surface area contributed by atoms with Crippen LogP contribution in [0.25, 0.3) is 0 Å². The van der Waals surface area contributed by atoms with Crippen molar-refractivity contribution in [3.05, 3.63) is 75.3 Å². The molecule has 0 N–H and O–H groups in total. The molecular formula is C36H39Cl2N3. The van der Waals surface area contributed by atoms with Crippen molar-refractivity contribution in [2.75, 3.05) is 4.90 Å². The number of hydrogen-bond donors (Lipinski definition) is 0. The van der Waals surface area contributed by atoms with E-state index in [0.717, 1.165) is 50.8 Å². The first-order valence-corrected chi connectivity index (χ1v) is 17.1. The van der Waals surface area contributed by atoms with Gasteiger partial charge in [0.25, 0.3) is 0 Å². The average Bonchev–Trinajstić information content (AvgIpc) is 3.33. The molecule has 0 saturated heterocycles. The molecule has 6 aliphatic carbocycles. The van der Waals surface area contributed by atoms with E-state index in [1.165, 1.54) is 99.6 Å². The van der Waals surface area contributed by atoms with E-state index in [2.05, 4.69) is 47.6 Å². The molecule has 8 unspecified atom stereocenters. The topological polar surface area (TPSA) is 29.0 Å². The van der Waals surface area contributed by atoms with Crippen molar-refractivity contribution >= 4 is 40.3 Å². The maximum atomic E-state index is 7.59. The van der Waals surface area contributed by atoms with Gasteiger partial charge in [-0.1, -0.05) is 41.4 Å². The molecule has 0 radical (unpaired) electrons. The molecule has 4 saturated carbocycles. The first kappa shape index (κ1) is 25.4. The van der Waals surface area contributed by atoms with Crippen LogP contribution < -0.4 is 4.90 Å². The van der Waals surface area contributed by atoms with Crippen LogP contribution in [-0.2, 0) is 0 Å². The number of halogens is 2. The zero-order valence-electron chi connectivity index (χ0n) is 23.7. The van der Waals surface area contributed by atoms with Crippen molar-refractivity contribution in [3.8, 4) is 0 Å². The summed E-state index contributed by atoms with van der Waals surface area (Å²) in [7, 11) is 0. The number of nitrogens with zero attached hydrogens (tertiary/aromatic N) is 3. The number of fused-ring (bicyclic) bond motifs is 12. The predicted molar refractivity (Wildman–Crippen MR) is 167 cm³/mol. The highest BCUT2D eigenvalue weighted by Gasteiger charge is 2.44. The van der Waals surface area contributed by atoms with Gasteiger partial charge in [-0.25, -0.2) is 0 Å². The molecule has 6 aliphatic rings. The third-order valence-electron chi connectivity index (χ3n) is 12.1. The van der Waals surface area contributed by atoms with E-state index in [0.29, 0.717) is 23.7 Å². The maximum absolute atomic E-state index is 7.59. The Kier molecular flexibility index (Phi) is 6.02. The van der Waals surface area contributed by atoms with Gasteiger partial charge in [0.1, 0.15) is 0 Å². The van der Waals surface area contributed by atoms with Gasteiger partial charge in [0.15, 0.2) is 0 Å². The van der Waals surface area contributed by atoms with Crippen LogP contribution in [0.15, 0.2) is 42.7 Å². The highest BCUT2D eigenvalue weighted by molar-refractivity contribution is 6.36. The van der Waals surface area contributed by atoms with Crippen LogP contribution in [0.5, 0.6) is 0 Å². The van der Waals surface area contributed by atoms with Crippen LogP contribution in [-0.4, -0.2) is 9.97 Å². The summed E-state index contributed by atoms with van der Waals surface area (Å²) in [6.07, 6.45) is 19.7. The second kappa shape index (κ2) is 9.71. The van der Waals surface area contributed by atoms with E-state index in [9.17, 15) is 0 Å². The number of para-hydroxylation sites is 1. The molecule has 5 heteroatoms. The third-order valence-corrected chi connectivity index (χ3v) is 12.9. The molecule has 3 nitrogen and oxygen atoms in total.